The van der Waals surface area contributed by atoms with Gasteiger partial charge in [0, 0.05) is 24.9 Å². The van der Waals surface area contributed by atoms with Crippen molar-refractivity contribution in [1.82, 2.24) is 10.2 Å². The molecule has 218 valence electrons. The molecule has 3 aliphatic heterocycles. The SMILES string of the molecule is C[C@@H](O[C@H]1CN2C(=O)CC(C3CCNCC3)C[C@H]2[C@@H]1c1ccc(F)cc1)c1cc(C(F)(F)F)cc(C(F)(F)F)c1. The first kappa shape index (κ1) is 28.9. The molecule has 0 spiro atoms. The lowest BCUT2D eigenvalue weighted by molar-refractivity contribution is -0.143. The van der Waals surface area contributed by atoms with Gasteiger partial charge in [0.05, 0.1) is 23.3 Å². The van der Waals surface area contributed by atoms with Crippen LogP contribution in [0.2, 0.25) is 0 Å². The molecule has 4 nitrogen and oxygen atoms in total. The van der Waals surface area contributed by atoms with E-state index in [0.717, 1.165) is 25.9 Å². The van der Waals surface area contributed by atoms with Crippen LogP contribution in [-0.2, 0) is 21.9 Å². The molecule has 3 heterocycles. The highest BCUT2D eigenvalue weighted by Crippen LogP contribution is 2.46. The Hall–Kier alpha value is -2.66. The normalized spacial score (nSPS) is 27.1. The predicted molar refractivity (Wildman–Crippen MR) is 133 cm³/mol. The Morgan fingerprint density at radius 2 is 1.52 bits per heavy atom. The minimum absolute atomic E-state index is 0.0379. The van der Waals surface area contributed by atoms with Crippen LogP contribution in [0.1, 0.15) is 66.9 Å². The van der Waals surface area contributed by atoms with Gasteiger partial charge in [0.1, 0.15) is 5.82 Å². The number of hydrogen-bond acceptors (Lipinski definition) is 3. The third-order valence-electron chi connectivity index (χ3n) is 8.66. The lowest BCUT2D eigenvalue weighted by Crippen LogP contribution is -2.46. The molecule has 5 rings (SSSR count). The zero-order valence-electron chi connectivity index (χ0n) is 21.9. The molecule has 0 bridgehead atoms. The van der Waals surface area contributed by atoms with Crippen LogP contribution in [-0.4, -0.2) is 42.6 Å². The molecule has 40 heavy (non-hydrogen) atoms. The topological polar surface area (TPSA) is 41.6 Å². The molecule has 0 saturated carbocycles. The molecule has 5 atom stereocenters. The van der Waals surface area contributed by atoms with Gasteiger partial charge in [0.25, 0.3) is 0 Å². The van der Waals surface area contributed by atoms with Gasteiger partial charge in [-0.15, -0.1) is 0 Å². The van der Waals surface area contributed by atoms with Gasteiger partial charge in [-0.2, -0.15) is 26.3 Å². The highest BCUT2D eigenvalue weighted by Gasteiger charge is 2.50. The van der Waals surface area contributed by atoms with Crippen molar-refractivity contribution in [2.24, 2.45) is 11.8 Å². The van der Waals surface area contributed by atoms with Gasteiger partial charge in [-0.1, -0.05) is 12.1 Å². The number of ether oxygens (including phenoxy) is 1. The third-order valence-corrected chi connectivity index (χ3v) is 8.66. The van der Waals surface area contributed by atoms with Crippen LogP contribution in [0.4, 0.5) is 30.7 Å². The van der Waals surface area contributed by atoms with Crippen molar-refractivity contribution in [2.45, 2.75) is 69.1 Å². The zero-order chi connectivity index (χ0) is 28.8. The fourth-order valence-corrected chi connectivity index (χ4v) is 6.66. The Balaban J connectivity index is 1.46. The molecule has 3 saturated heterocycles. The second-order valence-electron chi connectivity index (χ2n) is 11.1. The van der Waals surface area contributed by atoms with Gasteiger partial charge < -0.3 is 15.0 Å². The Bertz CT molecular complexity index is 1180. The van der Waals surface area contributed by atoms with Gasteiger partial charge in [0.15, 0.2) is 0 Å². The first-order chi connectivity index (χ1) is 18.8. The average Bonchev–Trinajstić information content (AvgIpc) is 3.26. The summed E-state index contributed by atoms with van der Waals surface area (Å²) in [6, 6.07) is 6.99. The number of carbonyl (C=O) groups is 1. The standard InChI is InChI=1S/C29H31F7N2O2/c1-16(19-10-21(28(31,32)33)14-22(11-19)29(34,35)36)40-25-15-38-24(27(25)18-2-4-23(30)5-3-18)12-20(13-26(38)39)17-6-8-37-9-7-17/h2-5,10-11,14,16-17,20,24-25,27,37H,6-9,12-13,15H2,1H3/t16-,20?,24+,25+,27+/m1/s1. The average molecular weight is 573 g/mol. The summed E-state index contributed by atoms with van der Waals surface area (Å²) in [5, 5.41) is 3.33. The molecule has 3 fully saturated rings. The Morgan fingerprint density at radius 1 is 0.925 bits per heavy atom. The van der Waals surface area contributed by atoms with Crippen LogP contribution < -0.4 is 5.32 Å². The van der Waals surface area contributed by atoms with Crippen LogP contribution in [0.3, 0.4) is 0 Å². The molecule has 3 aliphatic rings. The second-order valence-corrected chi connectivity index (χ2v) is 11.1. The lowest BCUT2D eigenvalue weighted by Gasteiger charge is -2.41. The fourth-order valence-electron chi connectivity index (χ4n) is 6.66. The molecule has 1 amide bonds. The zero-order valence-corrected chi connectivity index (χ0v) is 21.9. The number of nitrogens with zero attached hydrogens (tertiary/aromatic N) is 1. The van der Waals surface area contributed by atoms with Crippen molar-refractivity contribution in [3.63, 3.8) is 0 Å². The van der Waals surface area contributed by atoms with E-state index >= 15 is 0 Å². The summed E-state index contributed by atoms with van der Waals surface area (Å²) in [7, 11) is 0. The third kappa shape index (κ3) is 6.00. The highest BCUT2D eigenvalue weighted by atomic mass is 19.4. The second kappa shape index (κ2) is 11.0. The fraction of sp³-hybridized carbons (Fsp3) is 0.552. The monoisotopic (exact) mass is 572 g/mol. The molecule has 2 aromatic rings. The van der Waals surface area contributed by atoms with E-state index in [1.807, 2.05) is 0 Å². The Kier molecular flexibility index (Phi) is 7.91. The van der Waals surface area contributed by atoms with E-state index in [2.05, 4.69) is 5.32 Å². The van der Waals surface area contributed by atoms with Gasteiger partial charge >= 0.3 is 12.4 Å². The summed E-state index contributed by atoms with van der Waals surface area (Å²) in [5.41, 5.74) is -2.37. The van der Waals surface area contributed by atoms with Crippen molar-refractivity contribution in [3.8, 4) is 0 Å². The number of alkyl halides is 6. The molecular weight excluding hydrogens is 541 g/mol. The van der Waals surface area contributed by atoms with Crippen molar-refractivity contribution in [2.75, 3.05) is 19.6 Å². The maximum atomic E-state index is 13.8. The Labute approximate surface area is 227 Å². The number of carbonyl (C=O) groups excluding carboxylic acids is 1. The van der Waals surface area contributed by atoms with E-state index < -0.39 is 47.4 Å². The Morgan fingerprint density at radius 3 is 2.10 bits per heavy atom. The largest absolute Gasteiger partial charge is 0.416 e. The van der Waals surface area contributed by atoms with Crippen molar-refractivity contribution >= 4 is 5.91 Å². The van der Waals surface area contributed by atoms with E-state index in [1.54, 1.807) is 17.0 Å². The number of rotatable bonds is 5. The number of piperidine rings is 2. The highest BCUT2D eigenvalue weighted by molar-refractivity contribution is 5.78. The van der Waals surface area contributed by atoms with E-state index in [1.165, 1.54) is 19.1 Å². The van der Waals surface area contributed by atoms with E-state index in [4.69, 9.17) is 4.74 Å². The quantitative estimate of drug-likeness (QED) is 0.405. The number of fused-ring (bicyclic) bond motifs is 1. The van der Waals surface area contributed by atoms with E-state index in [0.29, 0.717) is 36.5 Å². The molecule has 11 heteroatoms. The summed E-state index contributed by atoms with van der Waals surface area (Å²) >= 11 is 0. The molecular formula is C29H31F7N2O2. The number of nitrogens with one attached hydrogen (secondary N) is 1. The van der Waals surface area contributed by atoms with Gasteiger partial charge in [-0.05, 0) is 92.6 Å². The van der Waals surface area contributed by atoms with Crippen LogP contribution in [0.25, 0.3) is 0 Å². The van der Waals surface area contributed by atoms with Crippen LogP contribution in [0.15, 0.2) is 42.5 Å². The van der Waals surface area contributed by atoms with Crippen LogP contribution in [0, 0.1) is 17.7 Å². The van der Waals surface area contributed by atoms with Crippen molar-refractivity contribution < 1.29 is 40.3 Å². The number of hydrogen-bond donors (Lipinski definition) is 1. The number of amides is 1. The van der Waals surface area contributed by atoms with Crippen LogP contribution in [0.5, 0.6) is 0 Å². The summed E-state index contributed by atoms with van der Waals surface area (Å²) in [5.74, 6) is -0.354. The van der Waals surface area contributed by atoms with Gasteiger partial charge in [-0.25, -0.2) is 4.39 Å². The van der Waals surface area contributed by atoms with Crippen LogP contribution >= 0.6 is 0 Å². The maximum Gasteiger partial charge on any atom is 0.416 e. The lowest BCUT2D eigenvalue weighted by atomic mass is 9.74. The maximum absolute atomic E-state index is 13.8. The number of benzene rings is 2. The predicted octanol–water partition coefficient (Wildman–Crippen LogP) is 6.71. The summed E-state index contributed by atoms with van der Waals surface area (Å²) in [4.78, 5) is 15.0. The van der Waals surface area contributed by atoms with E-state index in [9.17, 15) is 35.5 Å². The summed E-state index contributed by atoms with van der Waals surface area (Å²) in [6.07, 6.45) is -8.78. The summed E-state index contributed by atoms with van der Waals surface area (Å²) < 4.78 is 101. The van der Waals surface area contributed by atoms with Crippen molar-refractivity contribution in [3.05, 3.63) is 70.5 Å². The molecule has 1 N–H and O–H groups in total. The minimum Gasteiger partial charge on any atom is -0.368 e. The molecule has 0 aromatic heterocycles. The first-order valence-corrected chi connectivity index (χ1v) is 13.5. The smallest absolute Gasteiger partial charge is 0.368 e. The molecule has 1 unspecified atom stereocenters. The molecule has 0 aliphatic carbocycles. The van der Waals surface area contributed by atoms with E-state index in [-0.39, 0.29) is 36.0 Å². The molecule has 0 radical (unpaired) electrons. The van der Waals surface area contributed by atoms with Gasteiger partial charge in [0.2, 0.25) is 5.91 Å². The number of halogens is 7. The first-order valence-electron chi connectivity index (χ1n) is 13.5. The van der Waals surface area contributed by atoms with Gasteiger partial charge in [-0.3, -0.25) is 4.79 Å². The summed E-state index contributed by atoms with van der Waals surface area (Å²) in [6.45, 7) is 3.32. The van der Waals surface area contributed by atoms with Crippen molar-refractivity contribution in [1.29, 1.82) is 0 Å². The molecule has 2 aromatic carbocycles. The minimum atomic E-state index is -4.98.